The maximum absolute atomic E-state index is 11.2. The van der Waals surface area contributed by atoms with E-state index in [0.29, 0.717) is 34.4 Å². The van der Waals surface area contributed by atoms with E-state index in [1.54, 1.807) is 50.6 Å². The van der Waals surface area contributed by atoms with E-state index in [1.165, 1.54) is 26.4 Å². The van der Waals surface area contributed by atoms with Gasteiger partial charge in [-0.15, -0.1) is 0 Å². The number of nitrogen functional groups attached to an aromatic ring is 2. The summed E-state index contributed by atoms with van der Waals surface area (Å²) in [6.45, 7) is 0. The topological polar surface area (TPSA) is 132 Å². The Bertz CT molecular complexity index is 1070. The highest BCUT2D eigenvalue weighted by molar-refractivity contribution is 5.67. The third kappa shape index (κ3) is 4.18. The van der Waals surface area contributed by atoms with Crippen LogP contribution in [-0.2, 0) is 0 Å². The highest BCUT2D eigenvalue weighted by Gasteiger charge is 2.27. The summed E-state index contributed by atoms with van der Waals surface area (Å²) in [7, 11) is 6.13. The van der Waals surface area contributed by atoms with Gasteiger partial charge in [-0.2, -0.15) is 0 Å². The number of methoxy groups -OCH3 is 4. The molecule has 0 aliphatic rings. The molecule has 0 fully saturated rings. The third-order valence-corrected chi connectivity index (χ3v) is 5.22. The highest BCUT2D eigenvalue weighted by Crippen LogP contribution is 2.46. The first kappa shape index (κ1) is 22.5. The number of nitrogens with two attached hydrogens (primary N) is 2. The Balaban J connectivity index is 2.35. The van der Waals surface area contributed by atoms with Gasteiger partial charge in [0, 0.05) is 41.3 Å². The van der Waals surface area contributed by atoms with E-state index in [1.807, 2.05) is 0 Å². The number of rotatable bonds is 8. The Hall–Kier alpha value is -4.14. The van der Waals surface area contributed by atoms with E-state index in [4.69, 9.17) is 30.4 Å². The van der Waals surface area contributed by atoms with Crippen molar-refractivity contribution in [1.29, 1.82) is 0 Å². The zero-order valence-corrected chi connectivity index (χ0v) is 18.2. The van der Waals surface area contributed by atoms with Crippen LogP contribution < -0.4 is 30.4 Å². The molecule has 0 unspecified atom stereocenters. The molecular weight excluding hydrogens is 414 g/mol. The number of nitrogens with zero attached hydrogens (tertiary/aromatic N) is 1. The first-order valence-electron chi connectivity index (χ1n) is 9.61. The number of hydrogen-bond acceptors (Lipinski definition) is 8. The lowest BCUT2D eigenvalue weighted by Gasteiger charge is -2.25. The maximum Gasteiger partial charge on any atom is 0.269 e. The summed E-state index contributed by atoms with van der Waals surface area (Å²) in [5, 5.41) is 11.2. The van der Waals surface area contributed by atoms with Crippen LogP contribution in [0, 0.1) is 10.1 Å². The van der Waals surface area contributed by atoms with Crippen molar-refractivity contribution >= 4 is 17.1 Å². The summed E-state index contributed by atoms with van der Waals surface area (Å²) in [5.74, 6) is 1.50. The molecule has 9 nitrogen and oxygen atoms in total. The van der Waals surface area contributed by atoms with E-state index in [0.717, 1.165) is 16.7 Å². The summed E-state index contributed by atoms with van der Waals surface area (Å²) in [5.41, 5.74) is 15.2. The van der Waals surface area contributed by atoms with Crippen LogP contribution in [-0.4, -0.2) is 33.4 Å². The quantitative estimate of drug-likeness (QED) is 0.233. The van der Waals surface area contributed by atoms with Crippen molar-refractivity contribution in [2.45, 2.75) is 5.92 Å². The Morgan fingerprint density at radius 2 is 1.12 bits per heavy atom. The fourth-order valence-corrected chi connectivity index (χ4v) is 3.66. The first-order valence-corrected chi connectivity index (χ1v) is 9.61. The van der Waals surface area contributed by atoms with Crippen LogP contribution in [0.1, 0.15) is 22.6 Å². The molecule has 168 valence electrons. The summed E-state index contributed by atoms with van der Waals surface area (Å²) >= 11 is 0. The van der Waals surface area contributed by atoms with Crippen molar-refractivity contribution in [1.82, 2.24) is 0 Å². The zero-order valence-electron chi connectivity index (χ0n) is 18.2. The Labute approximate surface area is 185 Å². The van der Waals surface area contributed by atoms with Crippen LogP contribution in [0.5, 0.6) is 23.0 Å². The summed E-state index contributed by atoms with van der Waals surface area (Å²) in [4.78, 5) is 10.7. The van der Waals surface area contributed by atoms with Crippen LogP contribution in [0.2, 0.25) is 0 Å². The second kappa shape index (κ2) is 9.34. The number of anilines is 2. The number of benzene rings is 3. The van der Waals surface area contributed by atoms with Gasteiger partial charge in [0.05, 0.1) is 44.7 Å². The molecule has 3 aromatic carbocycles. The van der Waals surface area contributed by atoms with Crippen molar-refractivity contribution < 1.29 is 23.9 Å². The van der Waals surface area contributed by atoms with Crippen LogP contribution in [0.4, 0.5) is 17.1 Å². The molecule has 32 heavy (non-hydrogen) atoms. The minimum atomic E-state index is -0.468. The molecule has 0 atom stereocenters. The normalized spacial score (nSPS) is 10.7. The number of non-ortho nitro benzene ring substituents is 1. The van der Waals surface area contributed by atoms with Crippen LogP contribution >= 0.6 is 0 Å². The average Bonchev–Trinajstić information content (AvgIpc) is 2.80. The van der Waals surface area contributed by atoms with Gasteiger partial charge in [-0.25, -0.2) is 0 Å². The summed E-state index contributed by atoms with van der Waals surface area (Å²) in [6.07, 6.45) is 0. The van der Waals surface area contributed by atoms with Gasteiger partial charge in [0.15, 0.2) is 0 Å². The molecule has 0 saturated carbocycles. The van der Waals surface area contributed by atoms with E-state index >= 15 is 0 Å². The molecule has 0 aromatic heterocycles. The van der Waals surface area contributed by atoms with Crippen molar-refractivity contribution in [2.75, 3.05) is 39.9 Å². The van der Waals surface area contributed by atoms with Crippen molar-refractivity contribution in [3.8, 4) is 23.0 Å². The second-order valence-corrected chi connectivity index (χ2v) is 6.95. The Morgan fingerprint density at radius 3 is 1.47 bits per heavy atom. The van der Waals surface area contributed by atoms with Gasteiger partial charge in [0.2, 0.25) is 0 Å². The molecule has 0 bridgehead atoms. The minimum Gasteiger partial charge on any atom is -0.496 e. The standard InChI is InChI=1S/C23H25N3O6/c1-29-19-11-17(24)21(31-3)9-15(19)23(13-5-7-14(8-6-13)26(27)28)16-10-22(32-4)18(25)12-20(16)30-2/h5-12,23H,24-25H2,1-4H3. The van der Waals surface area contributed by atoms with Gasteiger partial charge in [0.1, 0.15) is 23.0 Å². The van der Waals surface area contributed by atoms with Crippen molar-refractivity contribution in [3.05, 3.63) is 75.3 Å². The molecular formula is C23H25N3O6. The predicted octanol–water partition coefficient (Wildman–Crippen LogP) is 3.97. The minimum absolute atomic E-state index is 0.0174. The summed E-state index contributed by atoms with van der Waals surface area (Å²) in [6, 6.07) is 13.2. The Morgan fingerprint density at radius 1 is 0.719 bits per heavy atom. The molecule has 0 aliphatic heterocycles. The predicted molar refractivity (Wildman–Crippen MR) is 122 cm³/mol. The van der Waals surface area contributed by atoms with Crippen molar-refractivity contribution in [2.24, 2.45) is 0 Å². The van der Waals surface area contributed by atoms with Gasteiger partial charge in [0.25, 0.3) is 5.69 Å². The van der Waals surface area contributed by atoms with Crippen LogP contribution in [0.3, 0.4) is 0 Å². The lowest BCUT2D eigenvalue weighted by molar-refractivity contribution is -0.384. The number of hydrogen-bond donors (Lipinski definition) is 2. The molecule has 3 rings (SSSR count). The molecule has 0 heterocycles. The van der Waals surface area contributed by atoms with E-state index < -0.39 is 10.8 Å². The van der Waals surface area contributed by atoms with Gasteiger partial charge in [-0.1, -0.05) is 12.1 Å². The van der Waals surface area contributed by atoms with E-state index in [2.05, 4.69) is 0 Å². The monoisotopic (exact) mass is 439 g/mol. The van der Waals surface area contributed by atoms with Crippen LogP contribution in [0.15, 0.2) is 48.5 Å². The van der Waals surface area contributed by atoms with Gasteiger partial charge in [-0.3, -0.25) is 10.1 Å². The molecule has 3 aromatic rings. The fourth-order valence-electron chi connectivity index (χ4n) is 3.66. The van der Waals surface area contributed by atoms with Gasteiger partial charge < -0.3 is 30.4 Å². The number of ether oxygens (including phenoxy) is 4. The van der Waals surface area contributed by atoms with E-state index in [9.17, 15) is 10.1 Å². The molecule has 0 radical (unpaired) electrons. The first-order chi connectivity index (χ1) is 15.3. The average molecular weight is 439 g/mol. The lowest BCUT2D eigenvalue weighted by Crippen LogP contribution is -2.10. The van der Waals surface area contributed by atoms with Gasteiger partial charge in [-0.05, 0) is 17.7 Å². The number of nitro benzene ring substituents is 1. The summed E-state index contributed by atoms with van der Waals surface area (Å²) < 4.78 is 22.1. The number of nitro groups is 1. The van der Waals surface area contributed by atoms with Crippen LogP contribution in [0.25, 0.3) is 0 Å². The fraction of sp³-hybridized carbons (Fsp3) is 0.217. The van der Waals surface area contributed by atoms with E-state index in [-0.39, 0.29) is 5.69 Å². The SMILES string of the molecule is COc1cc(C(c2ccc([N+](=O)[O-])cc2)c2cc(OC)c(N)cc2OC)c(OC)cc1N. The third-order valence-electron chi connectivity index (χ3n) is 5.22. The molecule has 0 saturated heterocycles. The molecule has 0 aliphatic carbocycles. The zero-order chi connectivity index (χ0) is 23.4. The molecule has 4 N–H and O–H groups in total. The molecule has 0 spiro atoms. The lowest BCUT2D eigenvalue weighted by atomic mass is 9.83. The second-order valence-electron chi connectivity index (χ2n) is 6.95. The Kier molecular flexibility index (Phi) is 6.58. The maximum atomic E-state index is 11.2. The van der Waals surface area contributed by atoms with Gasteiger partial charge >= 0.3 is 0 Å². The van der Waals surface area contributed by atoms with Crippen molar-refractivity contribution in [3.63, 3.8) is 0 Å². The smallest absolute Gasteiger partial charge is 0.269 e. The molecule has 0 amide bonds. The largest absolute Gasteiger partial charge is 0.496 e. The highest BCUT2D eigenvalue weighted by atomic mass is 16.6. The molecule has 9 heteroatoms.